The van der Waals surface area contributed by atoms with E-state index in [0.29, 0.717) is 17.5 Å². The Kier molecular flexibility index (Phi) is 9.40. The Balaban J connectivity index is 0.00000400. The Hall–Kier alpha value is -5.59. The van der Waals surface area contributed by atoms with E-state index >= 15 is 0 Å². The number of halogens is 1. The van der Waals surface area contributed by atoms with Crippen LogP contribution in [0.25, 0.3) is 89.6 Å². The zero-order valence-electron chi connectivity index (χ0n) is 28.8. The number of para-hydroxylation sites is 2. The first-order valence-electron chi connectivity index (χ1n) is 17.1. The maximum atomic E-state index is 6.36. The molecule has 0 unspecified atom stereocenters. The van der Waals surface area contributed by atoms with Gasteiger partial charge in [-0.15, -0.1) is 23.8 Å². The van der Waals surface area contributed by atoms with Crippen molar-refractivity contribution in [2.75, 3.05) is 0 Å². The van der Waals surface area contributed by atoms with Gasteiger partial charge in [-0.05, 0) is 42.8 Å². The van der Waals surface area contributed by atoms with E-state index in [2.05, 4.69) is 96.5 Å². The largest absolute Gasteiger partial charge is 0.455 e. The minimum absolute atomic E-state index is 0. The molecule has 0 saturated heterocycles. The van der Waals surface area contributed by atoms with Gasteiger partial charge in [0.1, 0.15) is 11.2 Å². The molecule has 9 rings (SSSR count). The van der Waals surface area contributed by atoms with Crippen molar-refractivity contribution >= 4 is 37.9 Å². The average molecular weight is 927 g/mol. The van der Waals surface area contributed by atoms with Crippen LogP contribution in [0.2, 0.25) is 0 Å². The van der Waals surface area contributed by atoms with Gasteiger partial charge in [-0.2, -0.15) is 0 Å². The van der Waals surface area contributed by atoms with E-state index in [0.717, 1.165) is 65.5 Å². The van der Waals surface area contributed by atoms with Gasteiger partial charge in [0.25, 0.3) is 0 Å². The summed E-state index contributed by atoms with van der Waals surface area (Å²) in [5.74, 6) is 1.64. The first kappa shape index (κ1) is 34.5. The molecule has 6 aromatic carbocycles. The number of aromatic nitrogens is 4. The van der Waals surface area contributed by atoms with Crippen LogP contribution in [0.1, 0.15) is 11.1 Å². The molecule has 0 N–H and O–H groups in total. The van der Waals surface area contributed by atoms with Crippen LogP contribution in [-0.4, -0.2) is 19.9 Å². The smallest absolute Gasteiger partial charge is 0.167 e. The summed E-state index contributed by atoms with van der Waals surface area (Å²) >= 11 is 3.87. The van der Waals surface area contributed by atoms with E-state index in [1.807, 2.05) is 85.1 Å². The summed E-state index contributed by atoms with van der Waals surface area (Å²) < 4.78 is 7.33. The maximum absolute atomic E-state index is 6.36. The van der Waals surface area contributed by atoms with E-state index in [4.69, 9.17) is 24.4 Å². The fraction of sp³-hybridized carbons (Fsp3) is 0.0435. The van der Waals surface area contributed by atoms with Crippen molar-refractivity contribution in [3.8, 4) is 67.7 Å². The zero-order valence-corrected chi connectivity index (χ0v) is 32.7. The second kappa shape index (κ2) is 14.4. The fourth-order valence-corrected chi connectivity index (χ4v) is 7.43. The van der Waals surface area contributed by atoms with E-state index in [1.54, 1.807) is 0 Å². The van der Waals surface area contributed by atoms with Crippen LogP contribution in [0.15, 0.2) is 155 Å². The summed E-state index contributed by atoms with van der Waals surface area (Å²) in [4.78, 5) is 19.7. The topological polar surface area (TPSA) is 64.7 Å². The van der Waals surface area contributed by atoms with E-state index in [-0.39, 0.29) is 20.1 Å². The Morgan fingerprint density at radius 1 is 0.547 bits per heavy atom. The molecule has 0 bridgehead atoms. The number of hydrogen-bond acceptors (Lipinski definition) is 5. The van der Waals surface area contributed by atoms with Crippen molar-refractivity contribution in [3.05, 3.63) is 167 Å². The number of pyridine rings is 1. The van der Waals surface area contributed by atoms with Gasteiger partial charge in [-0.1, -0.05) is 158 Å². The van der Waals surface area contributed by atoms with Crippen LogP contribution in [0.3, 0.4) is 0 Å². The first-order valence-corrected chi connectivity index (χ1v) is 17.9. The van der Waals surface area contributed by atoms with Crippen molar-refractivity contribution in [1.82, 2.24) is 19.9 Å². The number of benzene rings is 6. The molecule has 0 spiro atoms. The summed E-state index contributed by atoms with van der Waals surface area (Å²) in [5, 5.41) is 2.07. The third-order valence-electron chi connectivity index (χ3n) is 9.26. The second-order valence-electron chi connectivity index (χ2n) is 12.9. The van der Waals surface area contributed by atoms with Crippen molar-refractivity contribution in [3.63, 3.8) is 0 Å². The summed E-state index contributed by atoms with van der Waals surface area (Å²) in [6.07, 6.45) is 1.82. The molecule has 3 heterocycles. The van der Waals surface area contributed by atoms with Gasteiger partial charge in [0.05, 0.1) is 5.56 Å². The molecule has 0 fully saturated rings. The number of nitrogens with zero attached hydrogens (tertiary/aromatic N) is 4. The Labute approximate surface area is 329 Å². The number of hydrogen-bond donors (Lipinski definition) is 0. The van der Waals surface area contributed by atoms with Crippen LogP contribution >= 0.6 is 15.9 Å². The van der Waals surface area contributed by atoms with Crippen LogP contribution < -0.4 is 0 Å². The molecule has 0 atom stereocenters. The first-order chi connectivity index (χ1) is 25.5. The Morgan fingerprint density at radius 2 is 1.21 bits per heavy atom. The summed E-state index contributed by atoms with van der Waals surface area (Å²) in [7, 11) is 0. The molecule has 9 aromatic rings. The van der Waals surface area contributed by atoms with Gasteiger partial charge in [0, 0.05) is 48.2 Å². The molecule has 257 valence electrons. The number of aryl methyl sites for hydroxylation is 2. The molecule has 5 nitrogen and oxygen atoms in total. The van der Waals surface area contributed by atoms with Gasteiger partial charge in [-0.3, -0.25) is 0 Å². The fourth-order valence-electron chi connectivity index (χ4n) is 6.87. The number of rotatable bonds is 6. The molecule has 0 saturated carbocycles. The minimum atomic E-state index is 0. The molecule has 0 aliphatic heterocycles. The third-order valence-corrected chi connectivity index (χ3v) is 9.92. The standard InChI is InChI=1S/C46H30BrN4O.Ir/c1-28-23-29(2)25-33(24-28)34-13-6-7-14-35(34)36-21-19-31(26-40(36)47)41-22-20-32(27-48-41)45-49-44(30-11-4-3-5-12-30)50-46(51-45)39-17-10-16-38-37-15-8-9-18-42(37)52-43(38)39;/h3-18,20-27H,1-2H3;/q-1;. The molecule has 7 heteroatoms. The number of fused-ring (bicyclic) bond motifs is 3. The van der Waals surface area contributed by atoms with Crippen LogP contribution in [0.5, 0.6) is 0 Å². The average Bonchev–Trinajstić information content (AvgIpc) is 3.57. The van der Waals surface area contributed by atoms with Gasteiger partial charge in [-0.25, -0.2) is 15.0 Å². The molecular weight excluding hydrogens is 897 g/mol. The Bertz CT molecular complexity index is 2760. The molecule has 0 aliphatic rings. The van der Waals surface area contributed by atoms with Crippen molar-refractivity contribution < 1.29 is 24.5 Å². The molecule has 3 aromatic heterocycles. The Morgan fingerprint density at radius 3 is 1.96 bits per heavy atom. The maximum Gasteiger partial charge on any atom is 0.167 e. The summed E-state index contributed by atoms with van der Waals surface area (Å²) in [5.41, 5.74) is 12.8. The van der Waals surface area contributed by atoms with Gasteiger partial charge in [0.2, 0.25) is 0 Å². The third kappa shape index (κ3) is 6.64. The normalized spacial score (nSPS) is 11.2. The molecular formula is C46H30BrIrN4O-. The number of furan rings is 1. The monoisotopic (exact) mass is 926 g/mol. The van der Waals surface area contributed by atoms with Gasteiger partial charge < -0.3 is 9.40 Å². The van der Waals surface area contributed by atoms with Crippen LogP contribution in [0.4, 0.5) is 0 Å². The molecule has 0 amide bonds. The second-order valence-corrected chi connectivity index (χ2v) is 13.8. The summed E-state index contributed by atoms with van der Waals surface area (Å²) in [6.45, 7) is 4.28. The van der Waals surface area contributed by atoms with Crippen molar-refractivity contribution in [1.29, 1.82) is 0 Å². The molecule has 0 aliphatic carbocycles. The van der Waals surface area contributed by atoms with Gasteiger partial charge >= 0.3 is 0 Å². The predicted octanol–water partition coefficient (Wildman–Crippen LogP) is 12.3. The SMILES string of the molecule is Cc1cc(C)cc(-c2ccccc2-c2c[c-]c(-c3ccc(-c4nc(-c5ccccc5)nc(-c5cccc6c5oc5ccccc56)n4)cn3)cc2Br)c1.[Ir]. The molecule has 1 radical (unpaired) electrons. The quantitative estimate of drug-likeness (QED) is 0.155. The van der Waals surface area contributed by atoms with Gasteiger partial charge in [0.15, 0.2) is 17.5 Å². The van der Waals surface area contributed by atoms with Crippen molar-refractivity contribution in [2.45, 2.75) is 13.8 Å². The van der Waals surface area contributed by atoms with E-state index < -0.39 is 0 Å². The van der Waals surface area contributed by atoms with Crippen LogP contribution in [-0.2, 0) is 20.1 Å². The van der Waals surface area contributed by atoms with E-state index in [1.165, 1.54) is 22.3 Å². The van der Waals surface area contributed by atoms with E-state index in [9.17, 15) is 0 Å². The minimum Gasteiger partial charge on any atom is -0.455 e. The van der Waals surface area contributed by atoms with Crippen molar-refractivity contribution in [2.24, 2.45) is 0 Å². The van der Waals surface area contributed by atoms with Crippen LogP contribution in [0, 0.1) is 19.9 Å². The molecule has 53 heavy (non-hydrogen) atoms. The zero-order chi connectivity index (χ0) is 35.2. The summed E-state index contributed by atoms with van der Waals surface area (Å²) in [6, 6.07) is 50.9. The predicted molar refractivity (Wildman–Crippen MR) is 214 cm³/mol.